The molecule has 0 aromatic carbocycles. The number of pyridine rings is 1. The first-order chi connectivity index (χ1) is 8.75. The smallest absolute Gasteiger partial charge is 0.356 e. The van der Waals surface area contributed by atoms with Crippen molar-refractivity contribution in [3.05, 3.63) is 42.0 Å². The molecule has 18 heavy (non-hydrogen) atoms. The van der Waals surface area contributed by atoms with Gasteiger partial charge in [0.25, 0.3) is 0 Å². The number of imidazole rings is 1. The molecule has 6 heteroatoms. The second-order valence-electron chi connectivity index (χ2n) is 4.18. The lowest BCUT2D eigenvalue weighted by Crippen LogP contribution is -2.23. The van der Waals surface area contributed by atoms with Gasteiger partial charge in [-0.15, -0.1) is 0 Å². The summed E-state index contributed by atoms with van der Waals surface area (Å²) in [5, 5.41) is 12.1. The maximum Gasteiger partial charge on any atom is 0.356 e. The lowest BCUT2D eigenvalue weighted by atomic mass is 10.0. The number of carboxylic acid groups (broad SMARTS) is 1. The standard InChI is InChI=1S/C12H12N4O2/c17-11(18)9-7-16-10(3-5-14-12(16)15-9)8-2-1-4-13-6-8/h1-2,4,6-7,10H,3,5H2,(H,14,15)(H,17,18). The van der Waals surface area contributed by atoms with Crippen LogP contribution in [-0.2, 0) is 0 Å². The van der Waals surface area contributed by atoms with E-state index in [1.165, 1.54) is 0 Å². The number of aromatic carboxylic acids is 1. The zero-order chi connectivity index (χ0) is 12.5. The molecule has 1 aliphatic rings. The Kier molecular flexibility index (Phi) is 2.47. The SMILES string of the molecule is O=C(O)c1cn2c(n1)NCCC2c1cccnc1. The van der Waals surface area contributed by atoms with Gasteiger partial charge in [-0.3, -0.25) is 4.98 Å². The summed E-state index contributed by atoms with van der Waals surface area (Å²) in [6.45, 7) is 0.773. The minimum Gasteiger partial charge on any atom is -0.476 e. The molecule has 3 rings (SSSR count). The normalized spacial score (nSPS) is 17.9. The lowest BCUT2D eigenvalue weighted by molar-refractivity contribution is 0.0691. The van der Waals surface area contributed by atoms with Gasteiger partial charge in [-0.25, -0.2) is 9.78 Å². The number of anilines is 1. The van der Waals surface area contributed by atoms with Gasteiger partial charge in [0.05, 0.1) is 6.04 Å². The molecular formula is C12H12N4O2. The molecule has 2 N–H and O–H groups in total. The van der Waals surface area contributed by atoms with Crippen molar-refractivity contribution < 1.29 is 9.90 Å². The largest absolute Gasteiger partial charge is 0.476 e. The molecule has 6 nitrogen and oxygen atoms in total. The Bertz CT molecular complexity index is 579. The molecule has 0 amide bonds. The van der Waals surface area contributed by atoms with Crippen LogP contribution in [0.15, 0.2) is 30.7 Å². The van der Waals surface area contributed by atoms with Gasteiger partial charge < -0.3 is 15.0 Å². The number of aromatic nitrogens is 3. The molecule has 0 saturated carbocycles. The van der Waals surface area contributed by atoms with Crippen molar-refractivity contribution in [3.63, 3.8) is 0 Å². The predicted octanol–water partition coefficient (Wildman–Crippen LogP) is 1.38. The van der Waals surface area contributed by atoms with E-state index < -0.39 is 5.97 Å². The quantitative estimate of drug-likeness (QED) is 0.834. The molecule has 1 aliphatic heterocycles. The third-order valence-corrected chi connectivity index (χ3v) is 3.06. The molecule has 92 valence electrons. The molecule has 0 saturated heterocycles. The van der Waals surface area contributed by atoms with E-state index in [1.54, 1.807) is 18.6 Å². The maximum absolute atomic E-state index is 10.9. The first-order valence-corrected chi connectivity index (χ1v) is 5.71. The summed E-state index contributed by atoms with van der Waals surface area (Å²) in [4.78, 5) is 19.1. The molecule has 0 radical (unpaired) electrons. The van der Waals surface area contributed by atoms with E-state index in [0.29, 0.717) is 5.95 Å². The number of carbonyl (C=O) groups is 1. The Hall–Kier alpha value is -2.37. The molecule has 2 aromatic heterocycles. The van der Waals surface area contributed by atoms with Crippen molar-refractivity contribution in [2.45, 2.75) is 12.5 Å². The third-order valence-electron chi connectivity index (χ3n) is 3.06. The Balaban J connectivity index is 2.04. The van der Waals surface area contributed by atoms with E-state index in [1.807, 2.05) is 16.7 Å². The maximum atomic E-state index is 10.9. The third kappa shape index (κ3) is 1.71. The van der Waals surface area contributed by atoms with Crippen molar-refractivity contribution in [1.82, 2.24) is 14.5 Å². The van der Waals surface area contributed by atoms with Gasteiger partial charge in [-0.1, -0.05) is 6.07 Å². The minimum atomic E-state index is -1.01. The summed E-state index contributed by atoms with van der Waals surface area (Å²) in [5.74, 6) is -0.406. The van der Waals surface area contributed by atoms with Crippen molar-refractivity contribution in [3.8, 4) is 0 Å². The fourth-order valence-electron chi connectivity index (χ4n) is 2.23. The minimum absolute atomic E-state index is 0.0632. The van der Waals surface area contributed by atoms with E-state index in [-0.39, 0.29) is 11.7 Å². The number of rotatable bonds is 2. The second-order valence-corrected chi connectivity index (χ2v) is 4.18. The highest BCUT2D eigenvalue weighted by Gasteiger charge is 2.24. The summed E-state index contributed by atoms with van der Waals surface area (Å²) in [6, 6.07) is 3.97. The topological polar surface area (TPSA) is 80.0 Å². The number of carboxylic acids is 1. The number of hydrogen-bond donors (Lipinski definition) is 2. The van der Waals surface area contributed by atoms with Gasteiger partial charge in [0.1, 0.15) is 0 Å². The van der Waals surface area contributed by atoms with E-state index in [9.17, 15) is 4.79 Å². The van der Waals surface area contributed by atoms with Gasteiger partial charge in [-0.2, -0.15) is 0 Å². The summed E-state index contributed by atoms with van der Waals surface area (Å²) in [6.07, 6.45) is 5.98. The summed E-state index contributed by atoms with van der Waals surface area (Å²) in [7, 11) is 0. The molecule has 1 unspecified atom stereocenters. The first kappa shape index (κ1) is 10.8. The Morgan fingerprint density at radius 3 is 3.17 bits per heavy atom. The second kappa shape index (κ2) is 4.14. The van der Waals surface area contributed by atoms with Crippen LogP contribution in [0.25, 0.3) is 0 Å². The average molecular weight is 244 g/mol. The number of hydrogen-bond acceptors (Lipinski definition) is 4. The Morgan fingerprint density at radius 1 is 1.56 bits per heavy atom. The first-order valence-electron chi connectivity index (χ1n) is 5.71. The molecule has 3 heterocycles. The highest BCUT2D eigenvalue weighted by Crippen LogP contribution is 2.29. The fourth-order valence-corrected chi connectivity index (χ4v) is 2.23. The van der Waals surface area contributed by atoms with Crippen LogP contribution in [0.4, 0.5) is 5.95 Å². The average Bonchev–Trinajstić information content (AvgIpc) is 2.83. The number of fused-ring (bicyclic) bond motifs is 1. The van der Waals surface area contributed by atoms with Crippen LogP contribution in [0.3, 0.4) is 0 Å². The van der Waals surface area contributed by atoms with Crippen LogP contribution in [0.2, 0.25) is 0 Å². The van der Waals surface area contributed by atoms with E-state index >= 15 is 0 Å². The lowest BCUT2D eigenvalue weighted by Gasteiger charge is -2.25. The van der Waals surface area contributed by atoms with Crippen LogP contribution in [0.5, 0.6) is 0 Å². The molecule has 2 aromatic rings. The molecule has 0 spiro atoms. The zero-order valence-electron chi connectivity index (χ0n) is 9.58. The van der Waals surface area contributed by atoms with Crippen molar-refractivity contribution in [2.75, 3.05) is 11.9 Å². The van der Waals surface area contributed by atoms with Gasteiger partial charge in [0, 0.05) is 25.1 Å². The zero-order valence-corrected chi connectivity index (χ0v) is 9.58. The van der Waals surface area contributed by atoms with Gasteiger partial charge >= 0.3 is 5.97 Å². The van der Waals surface area contributed by atoms with E-state index in [2.05, 4.69) is 15.3 Å². The molecular weight excluding hydrogens is 232 g/mol. The summed E-state index contributed by atoms with van der Waals surface area (Å²) < 4.78 is 1.87. The highest BCUT2D eigenvalue weighted by molar-refractivity contribution is 5.85. The van der Waals surface area contributed by atoms with Crippen LogP contribution in [-0.4, -0.2) is 32.2 Å². The van der Waals surface area contributed by atoms with E-state index in [0.717, 1.165) is 18.5 Å². The van der Waals surface area contributed by atoms with Crippen LogP contribution in [0, 0.1) is 0 Å². The van der Waals surface area contributed by atoms with Gasteiger partial charge in [0.15, 0.2) is 5.69 Å². The van der Waals surface area contributed by atoms with Crippen molar-refractivity contribution in [2.24, 2.45) is 0 Å². The monoisotopic (exact) mass is 244 g/mol. The highest BCUT2D eigenvalue weighted by atomic mass is 16.4. The fraction of sp³-hybridized carbons (Fsp3) is 0.250. The van der Waals surface area contributed by atoms with Crippen molar-refractivity contribution in [1.29, 1.82) is 0 Å². The van der Waals surface area contributed by atoms with Crippen molar-refractivity contribution >= 4 is 11.9 Å². The molecule has 0 aliphatic carbocycles. The van der Waals surface area contributed by atoms with Gasteiger partial charge in [-0.05, 0) is 18.1 Å². The molecule has 0 fully saturated rings. The predicted molar refractivity (Wildman–Crippen MR) is 64.7 cm³/mol. The van der Waals surface area contributed by atoms with E-state index in [4.69, 9.17) is 5.11 Å². The Labute approximate surface area is 103 Å². The molecule has 1 atom stereocenters. The summed E-state index contributed by atoms with van der Waals surface area (Å²) >= 11 is 0. The molecule has 0 bridgehead atoms. The number of nitrogens with zero attached hydrogens (tertiary/aromatic N) is 3. The van der Waals surface area contributed by atoms with Crippen LogP contribution < -0.4 is 5.32 Å². The Morgan fingerprint density at radius 2 is 2.44 bits per heavy atom. The van der Waals surface area contributed by atoms with Crippen LogP contribution in [0.1, 0.15) is 28.5 Å². The summed E-state index contributed by atoms with van der Waals surface area (Å²) in [5.41, 5.74) is 1.13. The van der Waals surface area contributed by atoms with Crippen LogP contribution >= 0.6 is 0 Å². The van der Waals surface area contributed by atoms with Gasteiger partial charge in [0.2, 0.25) is 5.95 Å². The number of nitrogens with one attached hydrogen (secondary N) is 1.